The zero-order valence-electron chi connectivity index (χ0n) is 6.73. The second kappa shape index (κ2) is 5.02. The lowest BCUT2D eigenvalue weighted by molar-refractivity contribution is 0.153. The Labute approximate surface area is 74.4 Å². The average molecular weight is 189 g/mol. The van der Waals surface area contributed by atoms with Crippen LogP contribution in [-0.2, 0) is 4.74 Å². The van der Waals surface area contributed by atoms with Crippen LogP contribution in [0.15, 0.2) is 5.51 Å². The third kappa shape index (κ3) is 2.72. The molecular formula is C6H11N3O2S. The SMILES string of the molecule is COCC(CO)Nc1nncs1. The topological polar surface area (TPSA) is 67.3 Å². The minimum absolute atomic E-state index is 0.0212. The quantitative estimate of drug-likeness (QED) is 0.680. The number of aromatic nitrogens is 2. The van der Waals surface area contributed by atoms with Crippen LogP contribution in [0.5, 0.6) is 0 Å². The smallest absolute Gasteiger partial charge is 0.205 e. The molecule has 0 saturated heterocycles. The average Bonchev–Trinajstić information content (AvgIpc) is 2.56. The Morgan fingerprint density at radius 1 is 1.83 bits per heavy atom. The first-order valence-electron chi connectivity index (χ1n) is 3.49. The summed E-state index contributed by atoms with van der Waals surface area (Å²) in [6, 6.07) is -0.108. The highest BCUT2D eigenvalue weighted by molar-refractivity contribution is 7.13. The molecule has 1 aromatic heterocycles. The highest BCUT2D eigenvalue weighted by atomic mass is 32.1. The van der Waals surface area contributed by atoms with E-state index in [1.807, 2.05) is 0 Å². The van der Waals surface area contributed by atoms with Crippen molar-refractivity contribution < 1.29 is 9.84 Å². The number of hydrogen-bond donors (Lipinski definition) is 2. The van der Waals surface area contributed by atoms with Crippen molar-refractivity contribution in [3.63, 3.8) is 0 Å². The van der Waals surface area contributed by atoms with Crippen LogP contribution in [0.1, 0.15) is 0 Å². The van der Waals surface area contributed by atoms with Gasteiger partial charge in [0.05, 0.1) is 19.3 Å². The molecule has 0 saturated carbocycles. The molecule has 0 aromatic carbocycles. The third-order valence-corrected chi connectivity index (χ3v) is 1.90. The molecule has 1 heterocycles. The van der Waals surface area contributed by atoms with Crippen LogP contribution in [0.2, 0.25) is 0 Å². The molecule has 2 N–H and O–H groups in total. The highest BCUT2D eigenvalue weighted by Gasteiger charge is 2.07. The van der Waals surface area contributed by atoms with Gasteiger partial charge in [0.25, 0.3) is 0 Å². The first-order valence-corrected chi connectivity index (χ1v) is 4.37. The molecule has 1 unspecified atom stereocenters. The van der Waals surface area contributed by atoms with Gasteiger partial charge in [-0.2, -0.15) is 0 Å². The van der Waals surface area contributed by atoms with Crippen LogP contribution in [0, 0.1) is 0 Å². The van der Waals surface area contributed by atoms with Gasteiger partial charge < -0.3 is 15.2 Å². The van der Waals surface area contributed by atoms with Gasteiger partial charge in [-0.05, 0) is 0 Å². The summed E-state index contributed by atoms with van der Waals surface area (Å²) in [4.78, 5) is 0. The highest BCUT2D eigenvalue weighted by Crippen LogP contribution is 2.09. The summed E-state index contributed by atoms with van der Waals surface area (Å²) in [7, 11) is 1.59. The molecule has 1 rings (SSSR count). The molecule has 1 atom stereocenters. The number of nitrogens with one attached hydrogen (secondary N) is 1. The molecule has 0 aliphatic heterocycles. The molecule has 0 bridgehead atoms. The monoisotopic (exact) mass is 189 g/mol. The van der Waals surface area contributed by atoms with E-state index in [0.29, 0.717) is 11.7 Å². The molecular weight excluding hydrogens is 178 g/mol. The standard InChI is InChI=1S/C6H11N3O2S/c1-11-3-5(2-10)8-6-9-7-4-12-6/h4-5,10H,2-3H2,1H3,(H,8,9). The minimum atomic E-state index is -0.108. The molecule has 0 fully saturated rings. The molecule has 68 valence electrons. The van der Waals surface area contributed by atoms with E-state index in [2.05, 4.69) is 15.5 Å². The normalized spacial score (nSPS) is 12.8. The number of anilines is 1. The van der Waals surface area contributed by atoms with Gasteiger partial charge in [-0.1, -0.05) is 11.3 Å². The van der Waals surface area contributed by atoms with E-state index < -0.39 is 0 Å². The molecule has 0 aliphatic carbocycles. The van der Waals surface area contributed by atoms with E-state index >= 15 is 0 Å². The fourth-order valence-corrected chi connectivity index (χ4v) is 1.27. The van der Waals surface area contributed by atoms with Crippen LogP contribution < -0.4 is 5.32 Å². The van der Waals surface area contributed by atoms with Crippen LogP contribution in [0.4, 0.5) is 5.13 Å². The van der Waals surface area contributed by atoms with E-state index in [4.69, 9.17) is 9.84 Å². The van der Waals surface area contributed by atoms with Crippen molar-refractivity contribution in [3.05, 3.63) is 5.51 Å². The number of rotatable bonds is 5. The first kappa shape index (κ1) is 9.37. The van der Waals surface area contributed by atoms with Crippen molar-refractivity contribution in [3.8, 4) is 0 Å². The number of hydrogen-bond acceptors (Lipinski definition) is 6. The summed E-state index contributed by atoms with van der Waals surface area (Å²) in [5.41, 5.74) is 1.63. The summed E-state index contributed by atoms with van der Waals surface area (Å²) >= 11 is 1.39. The van der Waals surface area contributed by atoms with Gasteiger partial charge >= 0.3 is 0 Å². The fourth-order valence-electron chi connectivity index (χ4n) is 0.752. The van der Waals surface area contributed by atoms with Crippen LogP contribution in [-0.4, -0.2) is 41.7 Å². The van der Waals surface area contributed by atoms with Gasteiger partial charge in [-0.25, -0.2) is 0 Å². The van der Waals surface area contributed by atoms with E-state index in [9.17, 15) is 0 Å². The molecule has 12 heavy (non-hydrogen) atoms. The lowest BCUT2D eigenvalue weighted by Gasteiger charge is -2.12. The minimum Gasteiger partial charge on any atom is -0.394 e. The molecule has 0 aliphatic rings. The summed E-state index contributed by atoms with van der Waals surface area (Å²) in [5.74, 6) is 0. The Morgan fingerprint density at radius 2 is 2.67 bits per heavy atom. The lowest BCUT2D eigenvalue weighted by Crippen LogP contribution is -2.28. The van der Waals surface area contributed by atoms with Crippen molar-refractivity contribution in [1.82, 2.24) is 10.2 Å². The van der Waals surface area contributed by atoms with E-state index in [-0.39, 0.29) is 12.6 Å². The number of methoxy groups -OCH3 is 1. The van der Waals surface area contributed by atoms with Crippen molar-refractivity contribution in [1.29, 1.82) is 0 Å². The van der Waals surface area contributed by atoms with Crippen LogP contribution in [0.3, 0.4) is 0 Å². The molecule has 6 heteroatoms. The van der Waals surface area contributed by atoms with Gasteiger partial charge in [0.1, 0.15) is 5.51 Å². The number of aliphatic hydroxyl groups excluding tert-OH is 1. The summed E-state index contributed by atoms with van der Waals surface area (Å²) in [6.07, 6.45) is 0. The Kier molecular flexibility index (Phi) is 3.92. The fraction of sp³-hybridized carbons (Fsp3) is 0.667. The van der Waals surface area contributed by atoms with Gasteiger partial charge in [-0.3, -0.25) is 0 Å². The second-order valence-electron chi connectivity index (χ2n) is 2.22. The van der Waals surface area contributed by atoms with E-state index in [1.165, 1.54) is 11.3 Å². The van der Waals surface area contributed by atoms with E-state index in [0.717, 1.165) is 0 Å². The Bertz CT molecular complexity index is 205. The van der Waals surface area contributed by atoms with Crippen molar-refractivity contribution >= 4 is 16.5 Å². The van der Waals surface area contributed by atoms with Gasteiger partial charge in [0, 0.05) is 7.11 Å². The maximum absolute atomic E-state index is 8.87. The van der Waals surface area contributed by atoms with Crippen molar-refractivity contribution in [2.45, 2.75) is 6.04 Å². The third-order valence-electron chi connectivity index (χ3n) is 1.28. The second-order valence-corrected chi connectivity index (χ2v) is 3.06. The summed E-state index contributed by atoms with van der Waals surface area (Å²) in [6.45, 7) is 0.476. The van der Waals surface area contributed by atoms with Crippen molar-refractivity contribution in [2.75, 3.05) is 25.6 Å². The molecule has 1 aromatic rings. The maximum Gasteiger partial charge on any atom is 0.205 e. The Balaban J connectivity index is 2.37. The van der Waals surface area contributed by atoms with Gasteiger partial charge in [-0.15, -0.1) is 10.2 Å². The molecule has 0 radical (unpaired) electrons. The molecule has 5 nitrogen and oxygen atoms in total. The van der Waals surface area contributed by atoms with Crippen LogP contribution >= 0.6 is 11.3 Å². The predicted octanol–water partition coefficient (Wildman–Crippen LogP) is -0.0427. The first-order chi connectivity index (χ1) is 5.86. The molecule has 0 spiro atoms. The summed E-state index contributed by atoms with van der Waals surface area (Å²) in [5, 5.41) is 20.0. The zero-order chi connectivity index (χ0) is 8.81. The number of nitrogens with zero attached hydrogens (tertiary/aromatic N) is 2. The predicted molar refractivity (Wildman–Crippen MR) is 46.3 cm³/mol. The largest absolute Gasteiger partial charge is 0.394 e. The van der Waals surface area contributed by atoms with Gasteiger partial charge in [0.2, 0.25) is 5.13 Å². The Hall–Kier alpha value is -0.720. The Morgan fingerprint density at radius 3 is 3.17 bits per heavy atom. The lowest BCUT2D eigenvalue weighted by atomic mass is 10.3. The number of aliphatic hydroxyl groups is 1. The molecule has 0 amide bonds. The van der Waals surface area contributed by atoms with Crippen LogP contribution in [0.25, 0.3) is 0 Å². The summed E-state index contributed by atoms with van der Waals surface area (Å²) < 4.78 is 4.88. The van der Waals surface area contributed by atoms with Crippen molar-refractivity contribution in [2.24, 2.45) is 0 Å². The maximum atomic E-state index is 8.87. The van der Waals surface area contributed by atoms with E-state index in [1.54, 1.807) is 12.6 Å². The number of ether oxygens (including phenoxy) is 1. The van der Waals surface area contributed by atoms with Gasteiger partial charge in [0.15, 0.2) is 0 Å². The zero-order valence-corrected chi connectivity index (χ0v) is 7.54.